The van der Waals surface area contributed by atoms with E-state index >= 15 is 0 Å². The molecule has 0 spiro atoms. The molecule has 140 valence electrons. The molecule has 0 bridgehead atoms. The van der Waals surface area contributed by atoms with Gasteiger partial charge in [0.15, 0.2) is 0 Å². The van der Waals surface area contributed by atoms with Crippen LogP contribution in [0.4, 0.5) is 5.82 Å². The Labute approximate surface area is 154 Å². The zero-order valence-electron chi connectivity index (χ0n) is 15.5. The van der Waals surface area contributed by atoms with Crippen LogP contribution in [0.3, 0.4) is 0 Å². The van der Waals surface area contributed by atoms with Crippen molar-refractivity contribution < 1.29 is 4.79 Å². The number of H-pyrrole nitrogens is 1. The van der Waals surface area contributed by atoms with E-state index in [0.717, 1.165) is 55.9 Å². The standard InChI is InChI=1S/C19H28N6O/c1-23(19-16-5-8-20-18(16)21-14-22-19)15-6-11-25(12-7-15)17(26)13-24-9-3-2-4-10-24/h5,8,14-15H,2-4,6-7,9-13H2,1H3,(H,20,21,22). The Hall–Kier alpha value is -2.15. The Morgan fingerprint density at radius 1 is 1.19 bits per heavy atom. The number of anilines is 1. The summed E-state index contributed by atoms with van der Waals surface area (Å²) in [6, 6.07) is 2.43. The van der Waals surface area contributed by atoms with Crippen LogP contribution < -0.4 is 4.90 Å². The Kier molecular flexibility index (Phi) is 5.06. The minimum atomic E-state index is 0.295. The van der Waals surface area contributed by atoms with Crippen molar-refractivity contribution in [3.8, 4) is 0 Å². The summed E-state index contributed by atoms with van der Waals surface area (Å²) in [6.45, 7) is 4.42. The third-order valence-corrected chi connectivity index (χ3v) is 5.84. The number of piperidine rings is 2. The number of rotatable bonds is 4. The van der Waals surface area contributed by atoms with Crippen LogP contribution in [0.25, 0.3) is 11.0 Å². The number of hydrogen-bond donors (Lipinski definition) is 1. The molecule has 7 heteroatoms. The molecule has 4 heterocycles. The molecule has 2 aliphatic heterocycles. The van der Waals surface area contributed by atoms with Crippen molar-refractivity contribution >= 4 is 22.8 Å². The van der Waals surface area contributed by atoms with Gasteiger partial charge in [-0.25, -0.2) is 9.97 Å². The van der Waals surface area contributed by atoms with Crippen LogP contribution in [0.2, 0.25) is 0 Å². The van der Waals surface area contributed by atoms with Gasteiger partial charge in [0.2, 0.25) is 5.91 Å². The molecule has 1 N–H and O–H groups in total. The molecule has 26 heavy (non-hydrogen) atoms. The third-order valence-electron chi connectivity index (χ3n) is 5.84. The fourth-order valence-corrected chi connectivity index (χ4v) is 4.22. The molecule has 2 aromatic rings. The monoisotopic (exact) mass is 356 g/mol. The predicted molar refractivity (Wildman–Crippen MR) is 102 cm³/mol. The summed E-state index contributed by atoms with van der Waals surface area (Å²) in [5, 5.41) is 1.05. The van der Waals surface area contributed by atoms with Crippen LogP contribution in [0.15, 0.2) is 18.6 Å². The average molecular weight is 356 g/mol. The molecule has 4 rings (SSSR count). The number of nitrogens with zero attached hydrogens (tertiary/aromatic N) is 5. The highest BCUT2D eigenvalue weighted by Gasteiger charge is 2.27. The summed E-state index contributed by atoms with van der Waals surface area (Å²) >= 11 is 0. The number of fused-ring (bicyclic) bond motifs is 1. The van der Waals surface area contributed by atoms with E-state index in [1.54, 1.807) is 6.33 Å². The molecular formula is C19H28N6O. The highest BCUT2D eigenvalue weighted by atomic mass is 16.2. The van der Waals surface area contributed by atoms with Crippen molar-refractivity contribution in [3.05, 3.63) is 18.6 Å². The van der Waals surface area contributed by atoms with E-state index in [2.05, 4.69) is 31.8 Å². The van der Waals surface area contributed by atoms with Gasteiger partial charge in [-0.15, -0.1) is 0 Å². The maximum atomic E-state index is 12.6. The van der Waals surface area contributed by atoms with Crippen molar-refractivity contribution in [3.63, 3.8) is 0 Å². The molecule has 0 atom stereocenters. The zero-order chi connectivity index (χ0) is 17.9. The number of aromatic nitrogens is 3. The maximum absolute atomic E-state index is 12.6. The molecule has 0 aromatic carbocycles. The summed E-state index contributed by atoms with van der Waals surface area (Å²) in [6.07, 6.45) is 9.25. The first kappa shape index (κ1) is 17.3. The van der Waals surface area contributed by atoms with E-state index < -0.39 is 0 Å². The zero-order valence-corrected chi connectivity index (χ0v) is 15.5. The highest BCUT2D eigenvalue weighted by Crippen LogP contribution is 2.26. The number of carbonyl (C=O) groups is 1. The maximum Gasteiger partial charge on any atom is 0.236 e. The van der Waals surface area contributed by atoms with Crippen molar-refractivity contribution in [1.29, 1.82) is 0 Å². The first-order chi connectivity index (χ1) is 12.7. The molecule has 0 radical (unpaired) electrons. The summed E-state index contributed by atoms with van der Waals surface area (Å²) in [5.74, 6) is 1.26. The Bertz CT molecular complexity index is 745. The summed E-state index contributed by atoms with van der Waals surface area (Å²) < 4.78 is 0. The molecule has 2 saturated heterocycles. The quantitative estimate of drug-likeness (QED) is 0.906. The lowest BCUT2D eigenvalue weighted by Gasteiger charge is -2.38. The van der Waals surface area contributed by atoms with E-state index in [1.807, 2.05) is 17.2 Å². The summed E-state index contributed by atoms with van der Waals surface area (Å²) in [4.78, 5) is 31.1. The van der Waals surface area contributed by atoms with E-state index in [9.17, 15) is 4.79 Å². The van der Waals surface area contributed by atoms with E-state index in [0.29, 0.717) is 18.5 Å². The van der Waals surface area contributed by atoms with Gasteiger partial charge >= 0.3 is 0 Å². The summed E-state index contributed by atoms with van der Waals surface area (Å²) in [7, 11) is 2.10. The van der Waals surface area contributed by atoms with Gasteiger partial charge < -0.3 is 14.8 Å². The fourth-order valence-electron chi connectivity index (χ4n) is 4.22. The number of nitrogens with one attached hydrogen (secondary N) is 1. The molecule has 0 aliphatic carbocycles. The van der Waals surface area contributed by atoms with Crippen LogP contribution in [0.5, 0.6) is 0 Å². The lowest BCUT2D eigenvalue weighted by Crippen LogP contribution is -2.49. The Balaban J connectivity index is 1.34. The van der Waals surface area contributed by atoms with Gasteiger partial charge in [-0.2, -0.15) is 0 Å². The van der Waals surface area contributed by atoms with Gasteiger partial charge in [0.05, 0.1) is 11.9 Å². The SMILES string of the molecule is CN(c1ncnc2[nH]ccc12)C1CCN(C(=O)CN2CCCCC2)CC1. The van der Waals surface area contributed by atoms with Crippen LogP contribution in [0.1, 0.15) is 32.1 Å². The Morgan fingerprint density at radius 2 is 1.96 bits per heavy atom. The summed E-state index contributed by atoms with van der Waals surface area (Å²) in [5.41, 5.74) is 0.871. The second kappa shape index (κ2) is 7.61. The van der Waals surface area contributed by atoms with Crippen LogP contribution in [-0.2, 0) is 4.79 Å². The molecule has 2 aliphatic rings. The average Bonchev–Trinajstić information content (AvgIpc) is 3.17. The van der Waals surface area contributed by atoms with Crippen molar-refractivity contribution in [2.75, 3.05) is 44.7 Å². The number of aromatic amines is 1. The van der Waals surface area contributed by atoms with Crippen molar-refractivity contribution in [1.82, 2.24) is 24.8 Å². The number of amides is 1. The van der Waals surface area contributed by atoms with Gasteiger partial charge in [-0.05, 0) is 44.8 Å². The van der Waals surface area contributed by atoms with E-state index in [4.69, 9.17) is 0 Å². The molecule has 0 unspecified atom stereocenters. The first-order valence-corrected chi connectivity index (χ1v) is 9.73. The van der Waals surface area contributed by atoms with Gasteiger partial charge in [0.1, 0.15) is 17.8 Å². The smallest absolute Gasteiger partial charge is 0.236 e. The Morgan fingerprint density at radius 3 is 2.73 bits per heavy atom. The highest BCUT2D eigenvalue weighted by molar-refractivity contribution is 5.87. The molecule has 1 amide bonds. The minimum absolute atomic E-state index is 0.295. The minimum Gasteiger partial charge on any atom is -0.356 e. The first-order valence-electron chi connectivity index (χ1n) is 9.73. The lowest BCUT2D eigenvalue weighted by atomic mass is 10.0. The van der Waals surface area contributed by atoms with Gasteiger partial charge in [-0.1, -0.05) is 6.42 Å². The number of carbonyl (C=O) groups excluding carboxylic acids is 1. The molecule has 0 saturated carbocycles. The largest absolute Gasteiger partial charge is 0.356 e. The second-order valence-electron chi connectivity index (χ2n) is 7.50. The molecule has 2 aromatic heterocycles. The van der Waals surface area contributed by atoms with Crippen molar-refractivity contribution in [2.24, 2.45) is 0 Å². The van der Waals surface area contributed by atoms with E-state index in [1.165, 1.54) is 19.3 Å². The number of hydrogen-bond acceptors (Lipinski definition) is 5. The van der Waals surface area contributed by atoms with Crippen LogP contribution in [0, 0.1) is 0 Å². The predicted octanol–water partition coefficient (Wildman–Crippen LogP) is 1.87. The number of likely N-dealkylation sites (tertiary alicyclic amines) is 2. The fraction of sp³-hybridized carbons (Fsp3) is 0.632. The third kappa shape index (κ3) is 3.53. The van der Waals surface area contributed by atoms with E-state index in [-0.39, 0.29) is 0 Å². The molecular weight excluding hydrogens is 328 g/mol. The van der Waals surface area contributed by atoms with Crippen molar-refractivity contribution in [2.45, 2.75) is 38.1 Å². The topological polar surface area (TPSA) is 68.4 Å². The van der Waals surface area contributed by atoms with Gasteiger partial charge in [0.25, 0.3) is 0 Å². The van der Waals surface area contributed by atoms with Crippen LogP contribution in [-0.4, -0.2) is 76.5 Å². The molecule has 2 fully saturated rings. The van der Waals surface area contributed by atoms with Gasteiger partial charge in [-0.3, -0.25) is 9.69 Å². The molecule has 7 nitrogen and oxygen atoms in total. The normalized spacial score (nSPS) is 19.8. The van der Waals surface area contributed by atoms with Gasteiger partial charge in [0, 0.05) is 32.4 Å². The lowest BCUT2D eigenvalue weighted by molar-refractivity contribution is -0.133. The second-order valence-corrected chi connectivity index (χ2v) is 7.50. The van der Waals surface area contributed by atoms with Crippen LogP contribution >= 0.6 is 0 Å².